The summed E-state index contributed by atoms with van der Waals surface area (Å²) in [4.78, 5) is 30.5. The highest BCUT2D eigenvalue weighted by Gasteiger charge is 2.23. The highest BCUT2D eigenvalue weighted by Crippen LogP contribution is 2.28. The van der Waals surface area contributed by atoms with Gasteiger partial charge in [0.1, 0.15) is 17.7 Å². The van der Waals surface area contributed by atoms with Gasteiger partial charge in [0, 0.05) is 12.5 Å². The average Bonchev–Trinajstić information content (AvgIpc) is 2.90. The van der Waals surface area contributed by atoms with Crippen LogP contribution < -0.4 is 20.7 Å². The van der Waals surface area contributed by atoms with Crippen molar-refractivity contribution >= 4 is 44.8 Å². The van der Waals surface area contributed by atoms with Crippen LogP contribution in [0.2, 0.25) is 5.02 Å². The van der Waals surface area contributed by atoms with Gasteiger partial charge < -0.3 is 20.7 Å². The number of nitriles is 1. The molecule has 4 rings (SSSR count). The second-order valence-electron chi connectivity index (χ2n) is 8.64. The zero-order valence-corrected chi connectivity index (χ0v) is 21.9. The summed E-state index contributed by atoms with van der Waals surface area (Å²) in [7, 11) is -3.55. The van der Waals surface area contributed by atoms with E-state index in [1.54, 1.807) is 6.07 Å². The Labute approximate surface area is 224 Å². The van der Waals surface area contributed by atoms with Gasteiger partial charge >= 0.3 is 0 Å². The first-order valence-corrected chi connectivity index (χ1v) is 13.9. The molecule has 38 heavy (non-hydrogen) atoms. The summed E-state index contributed by atoms with van der Waals surface area (Å²) in [6, 6.07) is 13.3. The molecular weight excluding hydrogens is 530 g/mol. The minimum Gasteiger partial charge on any atom is -0.489 e. The van der Waals surface area contributed by atoms with Crippen molar-refractivity contribution in [2.75, 3.05) is 30.0 Å². The first kappa shape index (κ1) is 27.1. The number of nitrogens with zero attached hydrogens (tertiary/aromatic N) is 2. The van der Waals surface area contributed by atoms with Crippen LogP contribution in [0.3, 0.4) is 0 Å². The van der Waals surface area contributed by atoms with Gasteiger partial charge in [-0.3, -0.25) is 9.59 Å². The number of carbonyl (C=O) groups is 2. The summed E-state index contributed by atoms with van der Waals surface area (Å²) >= 11 is 5.85. The first-order valence-electron chi connectivity index (χ1n) is 11.6. The second-order valence-corrected chi connectivity index (χ2v) is 11.1. The Morgan fingerprint density at radius 1 is 1.05 bits per heavy atom. The fourth-order valence-electron chi connectivity index (χ4n) is 3.84. The Morgan fingerprint density at radius 3 is 2.45 bits per heavy atom. The van der Waals surface area contributed by atoms with E-state index >= 15 is 0 Å². The number of hydrogen-bond donors (Lipinski definition) is 3. The van der Waals surface area contributed by atoms with E-state index in [1.165, 1.54) is 48.7 Å². The van der Waals surface area contributed by atoms with E-state index in [9.17, 15) is 23.3 Å². The van der Waals surface area contributed by atoms with Crippen LogP contribution in [0, 0.1) is 11.3 Å². The second kappa shape index (κ2) is 11.6. The smallest absolute Gasteiger partial charge is 0.259 e. The number of ether oxygens (including phenoxy) is 1. The number of rotatable bonds is 7. The molecule has 1 fully saturated rings. The molecule has 1 saturated heterocycles. The molecule has 1 aliphatic rings. The molecule has 12 heteroatoms. The highest BCUT2D eigenvalue weighted by molar-refractivity contribution is 7.90. The van der Waals surface area contributed by atoms with E-state index in [2.05, 4.69) is 20.9 Å². The zero-order chi connectivity index (χ0) is 27.3. The molecular formula is C26H24ClN5O5S. The van der Waals surface area contributed by atoms with Crippen LogP contribution >= 0.6 is 11.6 Å². The maximum atomic E-state index is 13.4. The van der Waals surface area contributed by atoms with Gasteiger partial charge in [0.05, 0.1) is 38.4 Å². The molecule has 0 saturated carbocycles. The minimum absolute atomic E-state index is 0.0203. The van der Waals surface area contributed by atoms with Crippen molar-refractivity contribution in [1.29, 1.82) is 5.26 Å². The molecule has 196 valence electrons. The number of pyridine rings is 1. The minimum atomic E-state index is -3.55. The quantitative estimate of drug-likeness (QED) is 0.401. The van der Waals surface area contributed by atoms with Gasteiger partial charge in [-0.1, -0.05) is 11.6 Å². The molecule has 2 heterocycles. The number of piperidine rings is 1. The predicted octanol–water partition coefficient (Wildman–Crippen LogP) is 3.65. The fourth-order valence-corrected chi connectivity index (χ4v) is 4.59. The standard InChI is InChI=1S/C26H24ClN5O5S/c1-38(35,36)19-4-5-20(23(13-19)37-18-8-10-29-11-9-18)25(33)31-22-6-2-16(14-28)12-21(22)26(34)32-24-7-3-17(27)15-30-24/h2-7,12-13,15,18,29H,8-11H2,1H3,(H,31,33)(H,30,32,34). The van der Waals surface area contributed by atoms with E-state index in [-0.39, 0.29) is 44.9 Å². The van der Waals surface area contributed by atoms with Gasteiger partial charge in [-0.15, -0.1) is 0 Å². The van der Waals surface area contributed by atoms with Crippen LogP contribution in [0.4, 0.5) is 11.5 Å². The van der Waals surface area contributed by atoms with Crippen molar-refractivity contribution in [2.24, 2.45) is 0 Å². The van der Waals surface area contributed by atoms with E-state index in [4.69, 9.17) is 16.3 Å². The molecule has 1 aliphatic heterocycles. The number of nitrogens with one attached hydrogen (secondary N) is 3. The number of carbonyl (C=O) groups excluding carboxylic acids is 2. The van der Waals surface area contributed by atoms with Crippen molar-refractivity contribution in [2.45, 2.75) is 23.8 Å². The average molecular weight is 554 g/mol. The maximum Gasteiger partial charge on any atom is 0.259 e. The molecule has 0 bridgehead atoms. The van der Waals surface area contributed by atoms with Gasteiger partial charge in [-0.25, -0.2) is 13.4 Å². The summed E-state index contributed by atoms with van der Waals surface area (Å²) < 4.78 is 30.4. The van der Waals surface area contributed by atoms with Crippen LogP contribution in [0.15, 0.2) is 59.6 Å². The predicted molar refractivity (Wildman–Crippen MR) is 142 cm³/mol. The fraction of sp³-hybridized carbons (Fsp3) is 0.231. The molecule has 0 unspecified atom stereocenters. The third-order valence-electron chi connectivity index (χ3n) is 5.82. The lowest BCUT2D eigenvalue weighted by Gasteiger charge is -2.25. The normalized spacial score (nSPS) is 13.8. The third kappa shape index (κ3) is 6.66. The van der Waals surface area contributed by atoms with Gasteiger partial charge in [-0.05, 0) is 74.5 Å². The van der Waals surface area contributed by atoms with Gasteiger partial charge in [0.2, 0.25) is 0 Å². The Hall–Kier alpha value is -3.98. The van der Waals surface area contributed by atoms with Crippen molar-refractivity contribution in [3.8, 4) is 11.8 Å². The van der Waals surface area contributed by atoms with Gasteiger partial charge in [-0.2, -0.15) is 5.26 Å². The van der Waals surface area contributed by atoms with Crippen molar-refractivity contribution in [1.82, 2.24) is 10.3 Å². The number of aromatic nitrogens is 1. The molecule has 2 amide bonds. The lowest BCUT2D eigenvalue weighted by atomic mass is 10.1. The monoisotopic (exact) mass is 553 g/mol. The Kier molecular flexibility index (Phi) is 8.26. The number of amides is 2. The van der Waals surface area contributed by atoms with Gasteiger partial charge in [0.25, 0.3) is 11.8 Å². The van der Waals surface area contributed by atoms with E-state index < -0.39 is 21.7 Å². The lowest BCUT2D eigenvalue weighted by molar-refractivity contribution is 0.101. The molecule has 3 N–H and O–H groups in total. The van der Waals surface area contributed by atoms with Crippen LogP contribution in [0.25, 0.3) is 0 Å². The molecule has 1 aromatic heterocycles. The summed E-state index contributed by atoms with van der Waals surface area (Å²) in [5.41, 5.74) is 0.485. The largest absolute Gasteiger partial charge is 0.489 e. The van der Waals surface area contributed by atoms with E-state index in [0.29, 0.717) is 17.9 Å². The first-order chi connectivity index (χ1) is 18.1. The van der Waals surface area contributed by atoms with Crippen LogP contribution in [-0.4, -0.2) is 50.7 Å². The topological polar surface area (TPSA) is 150 Å². The summed E-state index contributed by atoms with van der Waals surface area (Å²) in [5.74, 6) is -0.862. The van der Waals surface area contributed by atoms with Crippen molar-refractivity contribution in [3.05, 3.63) is 76.4 Å². The number of benzene rings is 2. The van der Waals surface area contributed by atoms with Gasteiger partial charge in [0.15, 0.2) is 9.84 Å². The number of hydrogen-bond acceptors (Lipinski definition) is 8. The summed E-state index contributed by atoms with van der Waals surface area (Å²) in [6.07, 6.45) is 3.65. The van der Waals surface area contributed by atoms with Crippen LogP contribution in [0.5, 0.6) is 5.75 Å². The molecule has 10 nitrogen and oxygen atoms in total. The molecule has 2 aromatic carbocycles. The number of sulfone groups is 1. The number of anilines is 2. The van der Waals surface area contributed by atoms with E-state index in [0.717, 1.165) is 19.3 Å². The lowest BCUT2D eigenvalue weighted by Crippen LogP contribution is -2.34. The molecule has 3 aromatic rings. The Morgan fingerprint density at radius 2 is 1.79 bits per heavy atom. The van der Waals surface area contributed by atoms with Crippen LogP contribution in [-0.2, 0) is 9.84 Å². The molecule has 0 radical (unpaired) electrons. The Bertz CT molecular complexity index is 1510. The Balaban J connectivity index is 1.65. The van der Waals surface area contributed by atoms with E-state index in [1.807, 2.05) is 6.07 Å². The number of halogens is 1. The van der Waals surface area contributed by atoms with Crippen LogP contribution in [0.1, 0.15) is 39.1 Å². The highest BCUT2D eigenvalue weighted by atomic mass is 35.5. The van der Waals surface area contributed by atoms with Crippen molar-refractivity contribution < 1.29 is 22.7 Å². The summed E-state index contributed by atoms with van der Waals surface area (Å²) in [5, 5.41) is 18.3. The molecule has 0 spiro atoms. The summed E-state index contributed by atoms with van der Waals surface area (Å²) in [6.45, 7) is 1.48. The van der Waals surface area contributed by atoms with Crippen molar-refractivity contribution in [3.63, 3.8) is 0 Å². The maximum absolute atomic E-state index is 13.4. The third-order valence-corrected chi connectivity index (χ3v) is 7.15. The molecule has 0 atom stereocenters. The SMILES string of the molecule is CS(=O)(=O)c1ccc(C(=O)Nc2ccc(C#N)cc2C(=O)Nc2ccc(Cl)cn2)c(OC2CCNCC2)c1. The zero-order valence-electron chi connectivity index (χ0n) is 20.3. The molecule has 0 aliphatic carbocycles.